The summed E-state index contributed by atoms with van der Waals surface area (Å²) in [6, 6.07) is 13.7. The summed E-state index contributed by atoms with van der Waals surface area (Å²) >= 11 is 0. The number of imide groups is 1. The van der Waals surface area contributed by atoms with E-state index in [9.17, 15) is 14.4 Å². The molecule has 0 bridgehead atoms. The number of anilines is 1. The average molecular weight is 418 g/mol. The quantitative estimate of drug-likeness (QED) is 0.569. The largest absolute Gasteiger partial charge is 0.496 e. The van der Waals surface area contributed by atoms with Crippen molar-refractivity contribution in [3.8, 4) is 17.0 Å². The van der Waals surface area contributed by atoms with Crippen molar-refractivity contribution in [3.05, 3.63) is 65.2 Å². The molecule has 3 aromatic rings. The normalized spacial score (nSPS) is 12.8. The second-order valence-corrected chi connectivity index (χ2v) is 7.20. The topological polar surface area (TPSA) is 104 Å². The summed E-state index contributed by atoms with van der Waals surface area (Å²) in [6.45, 7) is 2.37. The first kappa shape index (κ1) is 20.3. The molecule has 31 heavy (non-hydrogen) atoms. The van der Waals surface area contributed by atoms with Crippen LogP contribution in [0.5, 0.6) is 5.75 Å². The lowest BCUT2D eigenvalue weighted by molar-refractivity contribution is 0.0652. The molecule has 0 radical (unpaired) electrons. The van der Waals surface area contributed by atoms with Crippen molar-refractivity contribution in [1.82, 2.24) is 15.1 Å². The number of amides is 3. The molecule has 0 saturated carbocycles. The van der Waals surface area contributed by atoms with E-state index in [1.54, 1.807) is 13.2 Å². The van der Waals surface area contributed by atoms with Crippen LogP contribution in [0.25, 0.3) is 11.3 Å². The lowest BCUT2D eigenvalue weighted by Gasteiger charge is -2.12. The molecule has 8 nitrogen and oxygen atoms in total. The van der Waals surface area contributed by atoms with Gasteiger partial charge in [-0.1, -0.05) is 25.5 Å². The Morgan fingerprint density at radius 3 is 2.61 bits per heavy atom. The zero-order valence-corrected chi connectivity index (χ0v) is 17.3. The van der Waals surface area contributed by atoms with Gasteiger partial charge in [-0.25, -0.2) is 0 Å². The highest BCUT2D eigenvalue weighted by Gasteiger charge is 2.35. The smallest absolute Gasteiger partial charge is 0.261 e. The number of unbranched alkanes of at least 4 members (excludes halogenated alkanes) is 1. The molecule has 0 atom stereocenters. The predicted molar refractivity (Wildman–Crippen MR) is 115 cm³/mol. The van der Waals surface area contributed by atoms with E-state index < -0.39 is 5.91 Å². The van der Waals surface area contributed by atoms with Crippen LogP contribution in [-0.2, 0) is 0 Å². The summed E-state index contributed by atoms with van der Waals surface area (Å²) in [7, 11) is 1.58. The molecule has 4 rings (SSSR count). The van der Waals surface area contributed by atoms with Crippen LogP contribution in [0.15, 0.2) is 48.5 Å². The van der Waals surface area contributed by atoms with Crippen LogP contribution in [0.4, 0.5) is 5.82 Å². The summed E-state index contributed by atoms with van der Waals surface area (Å²) in [5.74, 6) is -0.0829. The van der Waals surface area contributed by atoms with Crippen LogP contribution in [0.3, 0.4) is 0 Å². The van der Waals surface area contributed by atoms with Gasteiger partial charge < -0.3 is 10.1 Å². The molecule has 0 fully saturated rings. The van der Waals surface area contributed by atoms with Crippen LogP contribution in [0, 0.1) is 0 Å². The Morgan fingerprint density at radius 2 is 1.84 bits per heavy atom. The molecule has 0 aliphatic carbocycles. The number of rotatable bonds is 7. The Hall–Kier alpha value is -3.94. The summed E-state index contributed by atoms with van der Waals surface area (Å²) in [5.41, 5.74) is 2.36. The molecule has 1 aromatic heterocycles. The first-order valence-electron chi connectivity index (χ1n) is 10.0. The molecule has 2 aromatic carbocycles. The first-order valence-corrected chi connectivity index (χ1v) is 10.0. The van der Waals surface area contributed by atoms with Crippen molar-refractivity contribution in [2.75, 3.05) is 19.0 Å². The van der Waals surface area contributed by atoms with Gasteiger partial charge in [0.2, 0.25) is 0 Å². The number of hydrogen-bond donors (Lipinski definition) is 2. The Kier molecular flexibility index (Phi) is 5.53. The Morgan fingerprint density at radius 1 is 1.06 bits per heavy atom. The number of ether oxygens (including phenoxy) is 1. The van der Waals surface area contributed by atoms with Crippen molar-refractivity contribution in [2.45, 2.75) is 19.8 Å². The van der Waals surface area contributed by atoms with Crippen molar-refractivity contribution >= 4 is 23.5 Å². The number of carbonyl (C=O) groups is 3. The summed E-state index contributed by atoms with van der Waals surface area (Å²) in [6.07, 6.45) is 1.62. The Bertz CT molecular complexity index is 1170. The summed E-state index contributed by atoms with van der Waals surface area (Å²) in [4.78, 5) is 39.0. The maximum absolute atomic E-state index is 12.7. The van der Waals surface area contributed by atoms with Gasteiger partial charge in [0.25, 0.3) is 17.7 Å². The number of H-pyrrole nitrogens is 1. The number of methoxy groups -OCH3 is 1. The number of aromatic nitrogens is 2. The molecule has 2 heterocycles. The maximum Gasteiger partial charge on any atom is 0.261 e. The fourth-order valence-electron chi connectivity index (χ4n) is 3.53. The highest BCUT2D eigenvalue weighted by atomic mass is 16.5. The van der Waals surface area contributed by atoms with Crippen LogP contribution in [-0.4, -0.2) is 46.5 Å². The zero-order chi connectivity index (χ0) is 22.0. The number of para-hydroxylation sites is 1. The van der Waals surface area contributed by atoms with Crippen LogP contribution in [0.2, 0.25) is 0 Å². The number of aromatic amines is 1. The number of fused-ring (bicyclic) bond motifs is 1. The van der Waals surface area contributed by atoms with Crippen molar-refractivity contribution < 1.29 is 19.1 Å². The van der Waals surface area contributed by atoms with Crippen molar-refractivity contribution in [1.29, 1.82) is 0 Å². The number of nitrogens with zero attached hydrogens (tertiary/aromatic N) is 2. The number of hydrogen-bond acceptors (Lipinski definition) is 5. The SMILES string of the molecule is CCCCN1C(=O)c2ccc(C(=O)Nc3cc(-c4ccccc4OC)[nH]n3)cc2C1=O. The van der Waals surface area contributed by atoms with Gasteiger partial charge in [-0.05, 0) is 36.8 Å². The number of benzene rings is 2. The van der Waals surface area contributed by atoms with Gasteiger partial charge in [0.05, 0.1) is 23.9 Å². The minimum atomic E-state index is -0.423. The third-order valence-corrected chi connectivity index (χ3v) is 5.18. The minimum Gasteiger partial charge on any atom is -0.496 e. The van der Waals surface area contributed by atoms with Gasteiger partial charge in [0, 0.05) is 23.7 Å². The van der Waals surface area contributed by atoms with Gasteiger partial charge in [-0.3, -0.25) is 24.4 Å². The monoisotopic (exact) mass is 418 g/mol. The van der Waals surface area contributed by atoms with Crippen molar-refractivity contribution in [2.24, 2.45) is 0 Å². The highest BCUT2D eigenvalue weighted by Crippen LogP contribution is 2.29. The summed E-state index contributed by atoms with van der Waals surface area (Å²) < 4.78 is 5.36. The molecule has 0 spiro atoms. The molecular weight excluding hydrogens is 396 g/mol. The van der Waals surface area contributed by atoms with E-state index in [1.807, 2.05) is 31.2 Å². The number of nitrogens with one attached hydrogen (secondary N) is 2. The Labute approximate surface area is 179 Å². The molecule has 0 unspecified atom stereocenters. The van der Waals surface area contributed by atoms with Gasteiger partial charge in [0.1, 0.15) is 5.75 Å². The standard InChI is InChI=1S/C23H22N4O4/c1-3-4-11-27-22(29)15-10-9-14(12-17(15)23(27)30)21(28)24-20-13-18(25-26-20)16-7-5-6-8-19(16)31-2/h5-10,12-13H,3-4,11H2,1-2H3,(H2,24,25,26,28). The third-order valence-electron chi connectivity index (χ3n) is 5.18. The van der Waals surface area contributed by atoms with Crippen LogP contribution < -0.4 is 10.1 Å². The second kappa shape index (κ2) is 8.43. The van der Waals surface area contributed by atoms with E-state index in [0.717, 1.165) is 18.4 Å². The van der Waals surface area contributed by atoms with E-state index in [1.165, 1.54) is 23.1 Å². The van der Waals surface area contributed by atoms with Crippen molar-refractivity contribution in [3.63, 3.8) is 0 Å². The highest BCUT2D eigenvalue weighted by molar-refractivity contribution is 6.22. The lowest BCUT2D eigenvalue weighted by atomic mass is 10.1. The fourth-order valence-corrected chi connectivity index (χ4v) is 3.53. The van der Waals surface area contributed by atoms with E-state index in [2.05, 4.69) is 15.5 Å². The fraction of sp³-hybridized carbons (Fsp3) is 0.217. The first-order chi connectivity index (χ1) is 15.0. The molecule has 1 aliphatic heterocycles. The van der Waals surface area contributed by atoms with E-state index in [-0.39, 0.29) is 22.9 Å². The Balaban J connectivity index is 1.52. The third kappa shape index (κ3) is 3.79. The molecule has 158 valence electrons. The second-order valence-electron chi connectivity index (χ2n) is 7.20. The molecule has 2 N–H and O–H groups in total. The van der Waals surface area contributed by atoms with Crippen LogP contribution in [0.1, 0.15) is 50.8 Å². The molecular formula is C23H22N4O4. The minimum absolute atomic E-state index is 0.255. The van der Waals surface area contributed by atoms with Gasteiger partial charge in [-0.2, -0.15) is 5.10 Å². The van der Waals surface area contributed by atoms with Gasteiger partial charge in [0.15, 0.2) is 5.82 Å². The van der Waals surface area contributed by atoms with E-state index in [0.29, 0.717) is 29.4 Å². The molecule has 3 amide bonds. The zero-order valence-electron chi connectivity index (χ0n) is 17.3. The predicted octanol–water partition coefficient (Wildman–Crippen LogP) is 3.73. The number of carbonyl (C=O) groups excluding carboxylic acids is 3. The van der Waals surface area contributed by atoms with Crippen LogP contribution >= 0.6 is 0 Å². The molecule has 0 saturated heterocycles. The van der Waals surface area contributed by atoms with E-state index >= 15 is 0 Å². The van der Waals surface area contributed by atoms with Gasteiger partial charge in [-0.15, -0.1) is 0 Å². The van der Waals surface area contributed by atoms with E-state index in [4.69, 9.17) is 4.74 Å². The summed E-state index contributed by atoms with van der Waals surface area (Å²) in [5, 5.41) is 9.74. The lowest BCUT2D eigenvalue weighted by Crippen LogP contribution is -2.30. The maximum atomic E-state index is 12.7. The molecule has 1 aliphatic rings. The van der Waals surface area contributed by atoms with Gasteiger partial charge >= 0.3 is 0 Å². The molecule has 8 heteroatoms. The average Bonchev–Trinajstić information content (AvgIpc) is 3.35.